The molecule has 2 aromatic carbocycles. The molecule has 0 aliphatic carbocycles. The van der Waals surface area contributed by atoms with Gasteiger partial charge in [0.1, 0.15) is 18.1 Å². The fourth-order valence-electron chi connectivity index (χ4n) is 3.08. The van der Waals surface area contributed by atoms with Crippen LogP contribution in [0.5, 0.6) is 17.2 Å². The molecule has 0 aliphatic rings. The molecule has 0 bridgehead atoms. The van der Waals surface area contributed by atoms with Crippen molar-refractivity contribution in [2.45, 2.75) is 6.54 Å². The van der Waals surface area contributed by atoms with Crippen molar-refractivity contribution in [1.29, 1.82) is 0 Å². The molecule has 34 heavy (non-hydrogen) atoms. The molecule has 1 N–H and O–H groups in total. The first kappa shape index (κ1) is 24.3. The maximum atomic E-state index is 13.0. The monoisotopic (exact) mass is 466 g/mol. The molecule has 3 aromatic rings. The minimum absolute atomic E-state index is 0.00246. The Balaban J connectivity index is 1.83. The van der Waals surface area contributed by atoms with Crippen LogP contribution in [0.1, 0.15) is 20.8 Å². The zero-order chi connectivity index (χ0) is 24.7. The number of benzene rings is 2. The molecule has 1 heterocycles. The smallest absolute Gasteiger partial charge is 0.276 e. The van der Waals surface area contributed by atoms with Crippen molar-refractivity contribution in [1.82, 2.24) is 14.7 Å². The Morgan fingerprint density at radius 3 is 2.32 bits per heavy atom. The lowest BCUT2D eigenvalue weighted by Gasteiger charge is -2.18. The van der Waals surface area contributed by atoms with Crippen molar-refractivity contribution in [3.8, 4) is 17.2 Å². The Morgan fingerprint density at radius 2 is 1.68 bits per heavy atom. The topological polar surface area (TPSA) is 112 Å². The molecular formula is C24H26N4O6. The lowest BCUT2D eigenvalue weighted by molar-refractivity contribution is 0.0828. The van der Waals surface area contributed by atoms with E-state index in [1.165, 1.54) is 43.4 Å². The average Bonchev–Trinajstić information content (AvgIpc) is 2.84. The van der Waals surface area contributed by atoms with Gasteiger partial charge in [-0.05, 0) is 24.3 Å². The molecular weight excluding hydrogens is 440 g/mol. The van der Waals surface area contributed by atoms with Crippen LogP contribution in [0.15, 0.2) is 59.4 Å². The summed E-state index contributed by atoms with van der Waals surface area (Å²) in [6, 6.07) is 14.7. The Hall–Kier alpha value is -4.34. The first-order valence-corrected chi connectivity index (χ1v) is 10.4. The lowest BCUT2D eigenvalue weighted by atomic mass is 10.1. The van der Waals surface area contributed by atoms with Gasteiger partial charge in [-0.15, -0.1) is 0 Å². The second-order valence-corrected chi connectivity index (χ2v) is 7.35. The molecule has 2 amide bonds. The molecule has 0 aliphatic heterocycles. The summed E-state index contributed by atoms with van der Waals surface area (Å²) in [5.41, 5.74) is 0.0500. The summed E-state index contributed by atoms with van der Waals surface area (Å²) in [5, 5.41) is 6.83. The summed E-state index contributed by atoms with van der Waals surface area (Å²) in [7, 11) is 6.10. The van der Waals surface area contributed by atoms with Gasteiger partial charge in [-0.25, -0.2) is 4.68 Å². The van der Waals surface area contributed by atoms with E-state index in [0.29, 0.717) is 17.2 Å². The molecule has 10 heteroatoms. The van der Waals surface area contributed by atoms with Crippen LogP contribution >= 0.6 is 0 Å². The number of nitrogens with zero attached hydrogens (tertiary/aromatic N) is 3. The summed E-state index contributed by atoms with van der Waals surface area (Å²) in [4.78, 5) is 39.2. The van der Waals surface area contributed by atoms with Crippen molar-refractivity contribution in [2.75, 3.05) is 40.2 Å². The minimum atomic E-state index is -0.599. The summed E-state index contributed by atoms with van der Waals surface area (Å²) >= 11 is 0. The Bertz CT molecular complexity index is 1220. The molecule has 0 saturated carbocycles. The number of amides is 2. The Labute approximate surface area is 196 Å². The Morgan fingerprint density at radius 1 is 1.00 bits per heavy atom. The van der Waals surface area contributed by atoms with Gasteiger partial charge < -0.3 is 24.4 Å². The van der Waals surface area contributed by atoms with E-state index < -0.39 is 5.91 Å². The van der Waals surface area contributed by atoms with E-state index in [1.54, 1.807) is 26.2 Å². The van der Waals surface area contributed by atoms with Gasteiger partial charge in [-0.1, -0.05) is 18.2 Å². The van der Waals surface area contributed by atoms with Gasteiger partial charge >= 0.3 is 0 Å². The molecule has 0 spiro atoms. The van der Waals surface area contributed by atoms with Crippen LogP contribution in [-0.4, -0.2) is 61.4 Å². The highest BCUT2D eigenvalue weighted by molar-refractivity contribution is 6.08. The summed E-state index contributed by atoms with van der Waals surface area (Å²) in [5.74, 6) is 0.404. The standard InChI is InChI=1S/C24H26N4O6/c1-27(2)24(31)17-14-20(32-3)21(33-4)15-19(17)25-23(30)18-10-11-22(29)28(26-18)12-13-34-16-8-6-5-7-9-16/h5-11,14-15H,12-13H2,1-4H3,(H,25,30). The number of rotatable bonds is 9. The van der Waals surface area contributed by atoms with Gasteiger partial charge in [-0.2, -0.15) is 5.10 Å². The van der Waals surface area contributed by atoms with E-state index >= 15 is 0 Å². The number of carbonyl (C=O) groups excluding carboxylic acids is 2. The highest BCUT2D eigenvalue weighted by atomic mass is 16.5. The van der Waals surface area contributed by atoms with Crippen molar-refractivity contribution in [3.05, 3.63) is 76.2 Å². The van der Waals surface area contributed by atoms with Gasteiger partial charge in [-0.3, -0.25) is 14.4 Å². The zero-order valence-electron chi connectivity index (χ0n) is 19.4. The molecule has 178 valence electrons. The fourth-order valence-corrected chi connectivity index (χ4v) is 3.08. The number of nitrogens with one attached hydrogen (secondary N) is 1. The third-order valence-electron chi connectivity index (χ3n) is 4.82. The normalized spacial score (nSPS) is 10.4. The molecule has 3 rings (SSSR count). The van der Waals surface area contributed by atoms with Crippen molar-refractivity contribution in [2.24, 2.45) is 0 Å². The number of aromatic nitrogens is 2. The Kier molecular flexibility index (Phi) is 7.86. The van der Waals surface area contributed by atoms with Gasteiger partial charge in [0.25, 0.3) is 17.4 Å². The van der Waals surface area contributed by atoms with E-state index in [2.05, 4.69) is 10.4 Å². The van der Waals surface area contributed by atoms with Crippen LogP contribution in [0.3, 0.4) is 0 Å². The molecule has 0 saturated heterocycles. The number of carbonyl (C=O) groups is 2. The number of hydrogen-bond acceptors (Lipinski definition) is 7. The van der Waals surface area contributed by atoms with E-state index in [-0.39, 0.29) is 41.6 Å². The van der Waals surface area contributed by atoms with E-state index in [9.17, 15) is 14.4 Å². The van der Waals surface area contributed by atoms with Crippen LogP contribution < -0.4 is 25.1 Å². The maximum Gasteiger partial charge on any atom is 0.276 e. The largest absolute Gasteiger partial charge is 0.493 e. The first-order chi connectivity index (χ1) is 16.3. The van der Waals surface area contributed by atoms with Gasteiger partial charge in [0.2, 0.25) is 0 Å². The first-order valence-electron chi connectivity index (χ1n) is 10.4. The zero-order valence-corrected chi connectivity index (χ0v) is 19.4. The van der Waals surface area contributed by atoms with Crippen LogP contribution in [0.25, 0.3) is 0 Å². The van der Waals surface area contributed by atoms with Gasteiger partial charge in [0.15, 0.2) is 11.5 Å². The molecule has 0 unspecified atom stereocenters. The minimum Gasteiger partial charge on any atom is -0.493 e. The summed E-state index contributed by atoms with van der Waals surface area (Å²) in [6.07, 6.45) is 0. The SMILES string of the molecule is COc1cc(NC(=O)c2ccc(=O)n(CCOc3ccccc3)n2)c(C(=O)N(C)C)cc1OC. The second-order valence-electron chi connectivity index (χ2n) is 7.35. The number of para-hydroxylation sites is 1. The molecule has 0 fully saturated rings. The van der Waals surface area contributed by atoms with Gasteiger partial charge in [0.05, 0.1) is 32.0 Å². The molecule has 1 aromatic heterocycles. The van der Waals surface area contributed by atoms with Crippen LogP contribution in [0.2, 0.25) is 0 Å². The summed E-state index contributed by atoms with van der Waals surface area (Å²) < 4.78 is 17.3. The van der Waals surface area contributed by atoms with Crippen molar-refractivity contribution >= 4 is 17.5 Å². The molecule has 10 nitrogen and oxygen atoms in total. The maximum absolute atomic E-state index is 13.0. The van der Waals surface area contributed by atoms with Crippen LogP contribution in [0, 0.1) is 0 Å². The predicted molar refractivity (Wildman–Crippen MR) is 126 cm³/mol. The number of methoxy groups -OCH3 is 2. The molecule has 0 radical (unpaired) electrons. The van der Waals surface area contributed by atoms with Gasteiger partial charge in [0, 0.05) is 26.2 Å². The number of anilines is 1. The van der Waals surface area contributed by atoms with E-state index in [4.69, 9.17) is 14.2 Å². The average molecular weight is 466 g/mol. The highest BCUT2D eigenvalue weighted by Crippen LogP contribution is 2.34. The van der Waals surface area contributed by atoms with E-state index in [0.717, 1.165) is 4.68 Å². The molecule has 0 atom stereocenters. The van der Waals surface area contributed by atoms with Crippen molar-refractivity contribution in [3.63, 3.8) is 0 Å². The third-order valence-corrected chi connectivity index (χ3v) is 4.82. The number of hydrogen-bond donors (Lipinski definition) is 1. The van der Waals surface area contributed by atoms with E-state index in [1.807, 2.05) is 18.2 Å². The van der Waals surface area contributed by atoms with Crippen molar-refractivity contribution < 1.29 is 23.8 Å². The second kappa shape index (κ2) is 11.0. The number of ether oxygens (including phenoxy) is 3. The third kappa shape index (κ3) is 5.71. The predicted octanol–water partition coefficient (Wildman–Crippen LogP) is 2.29. The quantitative estimate of drug-likeness (QED) is 0.515. The fraction of sp³-hybridized carbons (Fsp3) is 0.250. The van der Waals surface area contributed by atoms with Crippen LogP contribution in [0.4, 0.5) is 5.69 Å². The van der Waals surface area contributed by atoms with Crippen LogP contribution in [-0.2, 0) is 6.54 Å². The summed E-state index contributed by atoms with van der Waals surface area (Å²) in [6.45, 7) is 0.342. The lowest BCUT2D eigenvalue weighted by Crippen LogP contribution is -2.29. The highest BCUT2D eigenvalue weighted by Gasteiger charge is 2.21.